The molecule has 4 aromatic rings. The highest BCUT2D eigenvalue weighted by Crippen LogP contribution is 2.29. The molecule has 8 heteroatoms. The Labute approximate surface area is 202 Å². The van der Waals surface area contributed by atoms with E-state index >= 15 is 0 Å². The van der Waals surface area contributed by atoms with Gasteiger partial charge in [0.1, 0.15) is 18.0 Å². The Balaban J connectivity index is 1.23. The van der Waals surface area contributed by atoms with Gasteiger partial charge in [0.2, 0.25) is 0 Å². The molecule has 1 fully saturated rings. The van der Waals surface area contributed by atoms with Gasteiger partial charge >= 0.3 is 0 Å². The highest BCUT2D eigenvalue weighted by molar-refractivity contribution is 6.11. The summed E-state index contributed by atoms with van der Waals surface area (Å²) in [5.74, 6) is -1.29. The van der Waals surface area contributed by atoms with Crippen molar-refractivity contribution in [1.29, 1.82) is 0 Å². The molecule has 4 heterocycles. The number of hydrogen-bond donors (Lipinski definition) is 0. The quantitative estimate of drug-likeness (QED) is 0.273. The van der Waals surface area contributed by atoms with Crippen LogP contribution in [0.5, 0.6) is 0 Å². The summed E-state index contributed by atoms with van der Waals surface area (Å²) < 4.78 is 29.2. The Morgan fingerprint density at radius 3 is 2.63 bits per heavy atom. The smallest absolute Gasteiger partial charge is 0.159 e. The molecule has 0 spiro atoms. The van der Waals surface area contributed by atoms with Crippen LogP contribution in [-0.4, -0.2) is 44.7 Å². The van der Waals surface area contributed by atoms with E-state index < -0.39 is 11.6 Å². The molecule has 35 heavy (non-hydrogen) atoms. The fraction of sp³-hybridized carbons (Fsp3) is 0.296. The summed E-state index contributed by atoms with van der Waals surface area (Å²) in [6.45, 7) is 5.00. The third kappa shape index (κ3) is 5.22. The van der Waals surface area contributed by atoms with Crippen molar-refractivity contribution in [2.75, 3.05) is 19.7 Å². The lowest BCUT2D eigenvalue weighted by Gasteiger charge is -2.32. The zero-order valence-electron chi connectivity index (χ0n) is 19.6. The molecular formula is C27H27F2N5O. The number of aromatic nitrogens is 3. The fourth-order valence-corrected chi connectivity index (χ4v) is 4.54. The lowest BCUT2D eigenvalue weighted by Crippen LogP contribution is -2.32. The van der Waals surface area contributed by atoms with Crippen LogP contribution in [-0.2, 0) is 11.4 Å². The number of benzene rings is 1. The molecule has 0 atom stereocenters. The normalized spacial score (nSPS) is 15.6. The Morgan fingerprint density at radius 1 is 1.03 bits per heavy atom. The zero-order chi connectivity index (χ0) is 24.2. The van der Waals surface area contributed by atoms with Crippen LogP contribution in [0.15, 0.2) is 72.4 Å². The van der Waals surface area contributed by atoms with Crippen LogP contribution in [0.25, 0.3) is 5.65 Å². The van der Waals surface area contributed by atoms with E-state index in [1.165, 1.54) is 11.6 Å². The number of rotatable bonds is 7. The largest absolute Gasteiger partial charge is 0.396 e. The molecule has 1 aliphatic rings. The second-order valence-corrected chi connectivity index (χ2v) is 8.74. The molecule has 1 saturated heterocycles. The lowest BCUT2D eigenvalue weighted by molar-refractivity contribution is 0.159. The van der Waals surface area contributed by atoms with Gasteiger partial charge in [0.25, 0.3) is 0 Å². The molecule has 1 aliphatic heterocycles. The third-order valence-electron chi connectivity index (χ3n) is 6.43. The third-order valence-corrected chi connectivity index (χ3v) is 6.43. The minimum atomic E-state index is -0.934. The molecule has 5 rings (SSSR count). The minimum absolute atomic E-state index is 0.358. The molecule has 0 radical (unpaired) electrons. The monoisotopic (exact) mass is 475 g/mol. The van der Waals surface area contributed by atoms with Crippen LogP contribution in [0, 0.1) is 11.6 Å². The summed E-state index contributed by atoms with van der Waals surface area (Å²) in [4.78, 5) is 16.6. The second-order valence-electron chi connectivity index (χ2n) is 8.74. The molecule has 0 unspecified atom stereocenters. The van der Waals surface area contributed by atoms with Crippen molar-refractivity contribution in [2.45, 2.75) is 32.2 Å². The van der Waals surface area contributed by atoms with Gasteiger partial charge in [0.05, 0.1) is 5.69 Å². The Bertz CT molecular complexity index is 1330. The van der Waals surface area contributed by atoms with Gasteiger partial charge in [-0.2, -0.15) is 0 Å². The van der Waals surface area contributed by atoms with Crippen molar-refractivity contribution < 1.29 is 13.6 Å². The maximum atomic E-state index is 13.8. The first kappa shape index (κ1) is 23.1. The van der Waals surface area contributed by atoms with Gasteiger partial charge in [0.15, 0.2) is 11.6 Å². The lowest BCUT2D eigenvalue weighted by atomic mass is 9.90. The predicted molar refractivity (Wildman–Crippen MR) is 130 cm³/mol. The van der Waals surface area contributed by atoms with Gasteiger partial charge in [-0.15, -0.1) is 0 Å². The number of likely N-dealkylation sites (tertiary alicyclic amines) is 1. The van der Waals surface area contributed by atoms with E-state index in [4.69, 9.17) is 4.84 Å². The molecular weight excluding hydrogens is 448 g/mol. The van der Waals surface area contributed by atoms with E-state index in [0.29, 0.717) is 29.5 Å². The van der Waals surface area contributed by atoms with Gasteiger partial charge in [-0.25, -0.2) is 13.8 Å². The summed E-state index contributed by atoms with van der Waals surface area (Å²) in [7, 11) is 0. The van der Waals surface area contributed by atoms with E-state index in [2.05, 4.69) is 38.4 Å². The first-order chi connectivity index (χ1) is 17.1. The van der Waals surface area contributed by atoms with Crippen LogP contribution in [0.1, 0.15) is 48.1 Å². The SMILES string of the molecule is CCON=C(c1ccc(F)c(F)c1)c1ccc(CN2CCC(c3ccn4ccnc4c3)CC2)cn1. The van der Waals surface area contributed by atoms with Gasteiger partial charge in [-0.3, -0.25) is 9.88 Å². The van der Waals surface area contributed by atoms with Crippen LogP contribution in [0.2, 0.25) is 0 Å². The number of halogens is 2. The maximum Gasteiger partial charge on any atom is 0.159 e. The number of nitrogens with zero attached hydrogens (tertiary/aromatic N) is 5. The van der Waals surface area contributed by atoms with Crippen molar-refractivity contribution in [1.82, 2.24) is 19.3 Å². The van der Waals surface area contributed by atoms with Crippen molar-refractivity contribution >= 4 is 11.4 Å². The van der Waals surface area contributed by atoms with Crippen LogP contribution >= 0.6 is 0 Å². The summed E-state index contributed by atoms with van der Waals surface area (Å²) in [6.07, 6.45) is 9.89. The van der Waals surface area contributed by atoms with Crippen molar-refractivity contribution in [3.05, 3.63) is 101 Å². The van der Waals surface area contributed by atoms with Gasteiger partial charge < -0.3 is 9.24 Å². The molecule has 0 N–H and O–H groups in total. The van der Waals surface area contributed by atoms with Crippen LogP contribution in [0.3, 0.4) is 0 Å². The average molecular weight is 476 g/mol. The number of imidazole rings is 1. The fourth-order valence-electron chi connectivity index (χ4n) is 4.54. The van der Waals surface area contributed by atoms with E-state index in [-0.39, 0.29) is 0 Å². The first-order valence-corrected chi connectivity index (χ1v) is 11.9. The van der Waals surface area contributed by atoms with Gasteiger partial charge in [-0.1, -0.05) is 11.2 Å². The van der Waals surface area contributed by atoms with Crippen molar-refractivity contribution in [2.24, 2.45) is 5.16 Å². The summed E-state index contributed by atoms with van der Waals surface area (Å²) >= 11 is 0. The van der Waals surface area contributed by atoms with E-state index in [9.17, 15) is 8.78 Å². The molecule has 0 bridgehead atoms. The number of fused-ring (bicyclic) bond motifs is 1. The van der Waals surface area contributed by atoms with Crippen LogP contribution in [0.4, 0.5) is 8.78 Å². The number of oxime groups is 1. The highest BCUT2D eigenvalue weighted by atomic mass is 19.2. The predicted octanol–water partition coefficient (Wildman–Crippen LogP) is 5.18. The molecule has 0 saturated carbocycles. The Morgan fingerprint density at radius 2 is 1.89 bits per heavy atom. The van der Waals surface area contributed by atoms with E-state index in [0.717, 1.165) is 55.8 Å². The summed E-state index contributed by atoms with van der Waals surface area (Å²) in [5.41, 5.74) is 4.76. The van der Waals surface area contributed by atoms with Gasteiger partial charge in [0, 0.05) is 36.9 Å². The van der Waals surface area contributed by atoms with Gasteiger partial charge in [-0.05, 0) is 86.3 Å². The van der Waals surface area contributed by atoms with E-state index in [1.54, 1.807) is 0 Å². The average Bonchev–Trinajstić information content (AvgIpc) is 3.36. The number of hydrogen-bond acceptors (Lipinski definition) is 5. The Kier molecular flexibility index (Phi) is 6.81. The zero-order valence-corrected chi connectivity index (χ0v) is 19.6. The summed E-state index contributed by atoms with van der Waals surface area (Å²) in [6, 6.07) is 11.9. The van der Waals surface area contributed by atoms with Crippen molar-refractivity contribution in [3.8, 4) is 0 Å². The second kappa shape index (κ2) is 10.3. The topological polar surface area (TPSA) is 55.0 Å². The molecule has 3 aromatic heterocycles. The molecule has 1 aromatic carbocycles. The highest BCUT2D eigenvalue weighted by Gasteiger charge is 2.21. The first-order valence-electron chi connectivity index (χ1n) is 11.9. The minimum Gasteiger partial charge on any atom is -0.396 e. The maximum absolute atomic E-state index is 13.8. The molecule has 0 aliphatic carbocycles. The summed E-state index contributed by atoms with van der Waals surface area (Å²) in [5, 5.41) is 4.10. The Hall–Kier alpha value is -3.65. The molecule has 180 valence electrons. The van der Waals surface area contributed by atoms with Crippen LogP contribution < -0.4 is 0 Å². The number of piperidine rings is 1. The van der Waals surface area contributed by atoms with E-state index in [1.807, 2.05) is 42.0 Å². The number of pyridine rings is 2. The standard InChI is InChI=1S/C27H27F2N5O/c1-2-35-32-27(22-4-5-23(28)24(29)15-22)25-6-3-19(17-31-25)18-33-11-7-20(8-12-33)21-9-13-34-14-10-30-26(34)16-21/h3-6,9-10,13-17,20H,2,7-8,11-12,18H2,1H3. The molecule has 0 amide bonds. The van der Waals surface area contributed by atoms with Crippen molar-refractivity contribution in [3.63, 3.8) is 0 Å². The molecule has 6 nitrogen and oxygen atoms in total.